The Kier molecular flexibility index (Phi) is 5.94. The molecule has 1 N–H and O–H groups in total. The topological polar surface area (TPSA) is 76.1 Å². The normalized spacial score (nSPS) is 15.8. The first kappa shape index (κ1) is 21.2. The van der Waals surface area contributed by atoms with Gasteiger partial charge in [0.2, 0.25) is 0 Å². The highest BCUT2D eigenvalue weighted by Gasteiger charge is 2.41. The van der Waals surface area contributed by atoms with Gasteiger partial charge in [-0.2, -0.15) is 0 Å². The zero-order valence-electron chi connectivity index (χ0n) is 17.8. The Hall–Kier alpha value is -4.06. The Balaban J connectivity index is 1.78. The second kappa shape index (κ2) is 8.98. The molecule has 1 aliphatic heterocycles. The Labute approximate surface area is 186 Å². The van der Waals surface area contributed by atoms with Gasteiger partial charge in [0.1, 0.15) is 5.75 Å². The summed E-state index contributed by atoms with van der Waals surface area (Å²) >= 11 is 0. The lowest BCUT2D eigenvalue weighted by Crippen LogP contribution is -2.29. The molecule has 1 aliphatic rings. The van der Waals surface area contributed by atoms with Crippen LogP contribution in [0, 0.1) is 0 Å². The minimum absolute atomic E-state index is 0.277. The van der Waals surface area contributed by atoms with Crippen molar-refractivity contribution in [1.82, 2.24) is 4.90 Å². The van der Waals surface area contributed by atoms with Crippen molar-refractivity contribution in [2.24, 2.45) is 0 Å². The lowest BCUT2D eigenvalue weighted by Gasteiger charge is -2.27. The molecule has 0 spiro atoms. The molecule has 1 unspecified atom stereocenters. The van der Waals surface area contributed by atoms with Gasteiger partial charge >= 0.3 is 5.97 Å². The van der Waals surface area contributed by atoms with Crippen molar-refractivity contribution in [2.45, 2.75) is 12.6 Å². The van der Waals surface area contributed by atoms with Gasteiger partial charge in [0, 0.05) is 12.1 Å². The molecule has 0 aliphatic carbocycles. The van der Waals surface area contributed by atoms with Gasteiger partial charge in [-0.3, -0.25) is 4.79 Å². The number of ether oxygens (including phenoxy) is 2. The van der Waals surface area contributed by atoms with E-state index in [2.05, 4.69) is 0 Å². The molecule has 4 rings (SSSR count). The summed E-state index contributed by atoms with van der Waals surface area (Å²) in [4.78, 5) is 26.6. The van der Waals surface area contributed by atoms with Gasteiger partial charge in [-0.15, -0.1) is 0 Å². The maximum absolute atomic E-state index is 13.2. The summed E-state index contributed by atoms with van der Waals surface area (Å²) in [5, 5.41) is 10.9. The molecule has 0 bridgehead atoms. The van der Waals surface area contributed by atoms with Crippen molar-refractivity contribution in [3.05, 3.63) is 107 Å². The first-order valence-electron chi connectivity index (χ1n) is 10.1. The molecule has 1 amide bonds. The second-order valence-electron chi connectivity index (χ2n) is 7.43. The Morgan fingerprint density at radius 3 is 2.34 bits per heavy atom. The molecule has 3 aromatic carbocycles. The van der Waals surface area contributed by atoms with E-state index < -0.39 is 17.9 Å². The van der Waals surface area contributed by atoms with Crippen LogP contribution in [0.5, 0.6) is 5.75 Å². The van der Waals surface area contributed by atoms with E-state index in [1.165, 1.54) is 7.11 Å². The molecule has 32 heavy (non-hydrogen) atoms. The zero-order valence-corrected chi connectivity index (χ0v) is 17.8. The Morgan fingerprint density at radius 1 is 0.969 bits per heavy atom. The molecular formula is C26H23NO5. The largest absolute Gasteiger partial charge is 0.503 e. The van der Waals surface area contributed by atoms with E-state index in [1.807, 2.05) is 54.6 Å². The molecule has 0 aromatic heterocycles. The summed E-state index contributed by atoms with van der Waals surface area (Å²) in [6.07, 6.45) is 0. The fourth-order valence-corrected chi connectivity index (χ4v) is 3.96. The van der Waals surface area contributed by atoms with Crippen molar-refractivity contribution < 1.29 is 24.2 Å². The van der Waals surface area contributed by atoms with E-state index in [0.29, 0.717) is 16.9 Å². The summed E-state index contributed by atoms with van der Waals surface area (Å²) in [6.45, 7) is 0.278. The minimum Gasteiger partial charge on any atom is -0.503 e. The molecule has 0 radical (unpaired) electrons. The van der Waals surface area contributed by atoms with E-state index in [-0.39, 0.29) is 12.3 Å². The van der Waals surface area contributed by atoms with Crippen molar-refractivity contribution in [3.63, 3.8) is 0 Å². The van der Waals surface area contributed by atoms with Gasteiger partial charge in [0.05, 0.1) is 25.8 Å². The van der Waals surface area contributed by atoms with Crippen LogP contribution in [-0.2, 0) is 16.1 Å². The maximum Gasteiger partial charge on any atom is 0.337 e. The molecule has 6 heteroatoms. The van der Waals surface area contributed by atoms with Crippen LogP contribution < -0.4 is 4.74 Å². The van der Waals surface area contributed by atoms with Crippen LogP contribution in [0.3, 0.4) is 0 Å². The number of aliphatic hydroxyl groups is 1. The SMILES string of the molecule is COC(=O)c1ccc(C2C(c3ccccc3)=C(O)C(=O)N2Cc2cccc(OC)c2)cc1. The van der Waals surface area contributed by atoms with E-state index in [0.717, 1.165) is 16.7 Å². The summed E-state index contributed by atoms with van der Waals surface area (Å²) in [5.74, 6) is -0.475. The molecule has 162 valence electrons. The van der Waals surface area contributed by atoms with Gasteiger partial charge in [0.25, 0.3) is 5.91 Å². The maximum atomic E-state index is 13.2. The number of benzene rings is 3. The molecule has 0 saturated heterocycles. The third kappa shape index (κ3) is 3.95. The Bertz CT molecular complexity index is 1170. The number of aliphatic hydroxyl groups excluding tert-OH is 1. The number of esters is 1. The first-order chi connectivity index (χ1) is 15.5. The van der Waals surface area contributed by atoms with Gasteiger partial charge in [-0.05, 0) is 41.0 Å². The van der Waals surface area contributed by atoms with Crippen molar-refractivity contribution in [3.8, 4) is 5.75 Å². The molecule has 6 nitrogen and oxygen atoms in total. The van der Waals surface area contributed by atoms with Crippen LogP contribution in [0.4, 0.5) is 0 Å². The number of rotatable bonds is 6. The molecule has 0 saturated carbocycles. The average Bonchev–Trinajstić information content (AvgIpc) is 3.09. The van der Waals surface area contributed by atoms with E-state index in [4.69, 9.17) is 9.47 Å². The fourth-order valence-electron chi connectivity index (χ4n) is 3.96. The predicted molar refractivity (Wildman–Crippen MR) is 120 cm³/mol. The molecule has 1 heterocycles. The monoisotopic (exact) mass is 429 g/mol. The first-order valence-corrected chi connectivity index (χ1v) is 10.1. The number of hydrogen-bond acceptors (Lipinski definition) is 5. The standard InChI is InChI=1S/C26H23NO5/c1-31-21-10-6-7-17(15-21)16-27-23(19-11-13-20(14-12-19)26(30)32-2)22(24(28)25(27)29)18-8-4-3-5-9-18/h3-15,23,28H,16H2,1-2H3. The van der Waals surface area contributed by atoms with Crippen LogP contribution >= 0.6 is 0 Å². The van der Waals surface area contributed by atoms with Crippen molar-refractivity contribution >= 4 is 17.4 Å². The second-order valence-corrected chi connectivity index (χ2v) is 7.43. The van der Waals surface area contributed by atoms with E-state index >= 15 is 0 Å². The number of methoxy groups -OCH3 is 2. The van der Waals surface area contributed by atoms with Gasteiger partial charge in [-0.25, -0.2) is 4.79 Å². The highest BCUT2D eigenvalue weighted by atomic mass is 16.5. The minimum atomic E-state index is -0.525. The Morgan fingerprint density at radius 2 is 1.69 bits per heavy atom. The van der Waals surface area contributed by atoms with E-state index in [1.54, 1.807) is 36.3 Å². The van der Waals surface area contributed by atoms with Crippen LogP contribution in [0.25, 0.3) is 5.57 Å². The van der Waals surface area contributed by atoms with Crippen LogP contribution in [-0.4, -0.2) is 36.1 Å². The summed E-state index contributed by atoms with van der Waals surface area (Å²) in [5.41, 5.74) is 3.35. The van der Waals surface area contributed by atoms with Crippen LogP contribution in [0.15, 0.2) is 84.6 Å². The van der Waals surface area contributed by atoms with Crippen LogP contribution in [0.2, 0.25) is 0 Å². The smallest absolute Gasteiger partial charge is 0.337 e. The van der Waals surface area contributed by atoms with Crippen molar-refractivity contribution in [2.75, 3.05) is 14.2 Å². The number of amides is 1. The summed E-state index contributed by atoms with van der Waals surface area (Å²) in [7, 11) is 2.92. The quantitative estimate of drug-likeness (QED) is 0.583. The average molecular weight is 429 g/mol. The third-order valence-corrected chi connectivity index (χ3v) is 5.52. The summed E-state index contributed by atoms with van der Waals surface area (Å²) in [6, 6.07) is 23.2. The number of hydrogen-bond donors (Lipinski definition) is 1. The zero-order chi connectivity index (χ0) is 22.7. The van der Waals surface area contributed by atoms with Crippen LogP contribution in [0.1, 0.15) is 33.1 Å². The van der Waals surface area contributed by atoms with Gasteiger partial charge in [0.15, 0.2) is 5.76 Å². The fraction of sp³-hybridized carbons (Fsp3) is 0.154. The van der Waals surface area contributed by atoms with Gasteiger partial charge < -0.3 is 19.5 Å². The summed E-state index contributed by atoms with van der Waals surface area (Å²) < 4.78 is 10.1. The number of carbonyl (C=O) groups excluding carboxylic acids is 2. The third-order valence-electron chi connectivity index (χ3n) is 5.52. The highest BCUT2D eigenvalue weighted by Crippen LogP contribution is 2.43. The number of nitrogens with zero attached hydrogens (tertiary/aromatic N) is 1. The molecular weight excluding hydrogens is 406 g/mol. The van der Waals surface area contributed by atoms with Gasteiger partial charge in [-0.1, -0.05) is 54.6 Å². The molecule has 0 fully saturated rings. The van der Waals surface area contributed by atoms with E-state index in [9.17, 15) is 14.7 Å². The highest BCUT2D eigenvalue weighted by molar-refractivity contribution is 6.05. The number of carbonyl (C=O) groups is 2. The predicted octanol–water partition coefficient (Wildman–Crippen LogP) is 4.53. The lowest BCUT2D eigenvalue weighted by atomic mass is 9.93. The van der Waals surface area contributed by atoms with Crippen molar-refractivity contribution in [1.29, 1.82) is 0 Å². The molecule has 3 aromatic rings. The molecule has 1 atom stereocenters. The lowest BCUT2D eigenvalue weighted by molar-refractivity contribution is -0.130.